The van der Waals surface area contributed by atoms with Gasteiger partial charge in [0, 0.05) is 0 Å². The van der Waals surface area contributed by atoms with Crippen LogP contribution in [-0.2, 0) is 0 Å². The van der Waals surface area contributed by atoms with Crippen molar-refractivity contribution in [1.82, 2.24) is 9.55 Å². The second kappa shape index (κ2) is 6.07. The molecule has 0 amide bonds. The lowest BCUT2D eigenvalue weighted by Crippen LogP contribution is -2.36. The maximum Gasteiger partial charge on any atom is 0.334 e. The average Bonchev–Trinajstić information content (AvgIpc) is 2.37. The standard InChI is InChI=1S/C14H14BrClN2O3/c1-7(2)11-12(16)17-14(20)18(13(11)19)8-4-5-10(21-3)9(15)6-8/h4-7H,1-3H3,(H,17,20). The summed E-state index contributed by atoms with van der Waals surface area (Å²) < 4.78 is 6.85. The molecule has 1 heterocycles. The summed E-state index contributed by atoms with van der Waals surface area (Å²) in [5.74, 6) is 0.510. The van der Waals surface area contributed by atoms with Crippen LogP contribution in [0.5, 0.6) is 5.75 Å². The summed E-state index contributed by atoms with van der Waals surface area (Å²) in [4.78, 5) is 27.1. The molecule has 21 heavy (non-hydrogen) atoms. The van der Waals surface area contributed by atoms with Crippen LogP contribution in [0, 0.1) is 0 Å². The maximum absolute atomic E-state index is 12.5. The quantitative estimate of drug-likeness (QED) is 0.841. The van der Waals surface area contributed by atoms with Gasteiger partial charge in [0.15, 0.2) is 0 Å². The first-order valence-corrected chi connectivity index (χ1v) is 7.42. The third-order valence-electron chi connectivity index (χ3n) is 3.06. The molecule has 0 atom stereocenters. The van der Waals surface area contributed by atoms with Gasteiger partial charge in [0.25, 0.3) is 5.56 Å². The highest BCUT2D eigenvalue weighted by Gasteiger charge is 2.17. The van der Waals surface area contributed by atoms with Gasteiger partial charge in [0.05, 0.1) is 22.8 Å². The number of nitrogens with one attached hydrogen (secondary N) is 1. The van der Waals surface area contributed by atoms with E-state index in [9.17, 15) is 9.59 Å². The Kier molecular flexibility index (Phi) is 4.58. The molecule has 0 aliphatic heterocycles. The van der Waals surface area contributed by atoms with Gasteiger partial charge in [-0.2, -0.15) is 0 Å². The number of benzene rings is 1. The van der Waals surface area contributed by atoms with Crippen molar-refractivity contribution in [2.75, 3.05) is 7.11 Å². The molecule has 0 spiro atoms. The largest absolute Gasteiger partial charge is 0.496 e. The number of hydrogen-bond donors (Lipinski definition) is 1. The molecule has 0 saturated carbocycles. The second-order valence-electron chi connectivity index (χ2n) is 4.77. The summed E-state index contributed by atoms with van der Waals surface area (Å²) in [5, 5.41) is 0.0869. The fraction of sp³-hybridized carbons (Fsp3) is 0.286. The Labute approximate surface area is 134 Å². The number of aromatic amines is 1. The van der Waals surface area contributed by atoms with E-state index >= 15 is 0 Å². The number of ether oxygens (including phenoxy) is 1. The van der Waals surface area contributed by atoms with Crippen molar-refractivity contribution in [2.45, 2.75) is 19.8 Å². The van der Waals surface area contributed by atoms with Gasteiger partial charge < -0.3 is 4.74 Å². The molecule has 0 unspecified atom stereocenters. The van der Waals surface area contributed by atoms with Crippen LogP contribution < -0.4 is 16.0 Å². The molecule has 0 aliphatic carbocycles. The lowest BCUT2D eigenvalue weighted by atomic mass is 10.1. The van der Waals surface area contributed by atoms with Crippen molar-refractivity contribution >= 4 is 27.5 Å². The second-order valence-corrected chi connectivity index (χ2v) is 6.00. The maximum atomic E-state index is 12.5. The van der Waals surface area contributed by atoms with Crippen LogP contribution in [0.4, 0.5) is 0 Å². The summed E-state index contributed by atoms with van der Waals surface area (Å²) in [5.41, 5.74) is -0.182. The highest BCUT2D eigenvalue weighted by Crippen LogP contribution is 2.26. The molecule has 1 aromatic heterocycles. The van der Waals surface area contributed by atoms with Crippen LogP contribution in [0.15, 0.2) is 32.3 Å². The third kappa shape index (κ3) is 2.91. The normalized spacial score (nSPS) is 11.0. The van der Waals surface area contributed by atoms with Crippen molar-refractivity contribution in [3.05, 3.63) is 54.2 Å². The van der Waals surface area contributed by atoms with E-state index in [1.165, 1.54) is 7.11 Å². The average molecular weight is 374 g/mol. The lowest BCUT2D eigenvalue weighted by molar-refractivity contribution is 0.412. The first-order valence-electron chi connectivity index (χ1n) is 6.25. The zero-order valence-corrected chi connectivity index (χ0v) is 14.1. The van der Waals surface area contributed by atoms with E-state index in [0.717, 1.165) is 4.57 Å². The van der Waals surface area contributed by atoms with Gasteiger partial charge in [0.2, 0.25) is 0 Å². The van der Waals surface area contributed by atoms with Crippen LogP contribution >= 0.6 is 27.5 Å². The number of H-pyrrole nitrogens is 1. The zero-order valence-electron chi connectivity index (χ0n) is 11.7. The molecule has 2 aromatic rings. The van der Waals surface area contributed by atoms with Crippen LogP contribution in [-0.4, -0.2) is 16.7 Å². The van der Waals surface area contributed by atoms with E-state index < -0.39 is 11.2 Å². The van der Waals surface area contributed by atoms with E-state index in [4.69, 9.17) is 16.3 Å². The van der Waals surface area contributed by atoms with Crippen molar-refractivity contribution in [2.24, 2.45) is 0 Å². The van der Waals surface area contributed by atoms with Gasteiger partial charge >= 0.3 is 5.69 Å². The van der Waals surface area contributed by atoms with Crippen molar-refractivity contribution in [1.29, 1.82) is 0 Å². The molecule has 2 rings (SSSR count). The Morgan fingerprint density at radius 3 is 2.52 bits per heavy atom. The van der Waals surface area contributed by atoms with E-state index in [1.54, 1.807) is 18.2 Å². The third-order valence-corrected chi connectivity index (χ3v) is 3.98. The summed E-state index contributed by atoms with van der Waals surface area (Å²) in [6, 6.07) is 4.96. The van der Waals surface area contributed by atoms with E-state index in [-0.39, 0.29) is 11.1 Å². The Morgan fingerprint density at radius 2 is 2.00 bits per heavy atom. The Morgan fingerprint density at radius 1 is 1.33 bits per heavy atom. The van der Waals surface area contributed by atoms with E-state index in [1.807, 2.05) is 13.8 Å². The highest BCUT2D eigenvalue weighted by molar-refractivity contribution is 9.10. The predicted octanol–water partition coefficient (Wildman–Crippen LogP) is 3.07. The van der Waals surface area contributed by atoms with Gasteiger partial charge in [-0.25, -0.2) is 9.36 Å². The van der Waals surface area contributed by atoms with Crippen LogP contribution in [0.1, 0.15) is 25.3 Å². The summed E-state index contributed by atoms with van der Waals surface area (Å²) in [6.45, 7) is 3.68. The molecule has 5 nitrogen and oxygen atoms in total. The van der Waals surface area contributed by atoms with Crippen molar-refractivity contribution in [3.8, 4) is 11.4 Å². The van der Waals surface area contributed by atoms with Gasteiger partial charge in [-0.05, 0) is 40.0 Å². The fourth-order valence-electron chi connectivity index (χ4n) is 2.05. The Balaban J connectivity index is 2.76. The zero-order chi connectivity index (χ0) is 15.7. The first-order chi connectivity index (χ1) is 9.86. The SMILES string of the molecule is COc1ccc(-n2c(=O)[nH]c(Cl)c(C(C)C)c2=O)cc1Br. The van der Waals surface area contributed by atoms with E-state index in [0.29, 0.717) is 21.5 Å². The molecule has 1 aromatic carbocycles. The van der Waals surface area contributed by atoms with Crippen LogP contribution in [0.2, 0.25) is 5.15 Å². The number of aromatic nitrogens is 2. The number of methoxy groups -OCH3 is 1. The smallest absolute Gasteiger partial charge is 0.334 e. The molecule has 0 radical (unpaired) electrons. The molecular formula is C14H14BrClN2O3. The van der Waals surface area contributed by atoms with Gasteiger partial charge in [-0.15, -0.1) is 0 Å². The molecule has 0 fully saturated rings. The summed E-state index contributed by atoms with van der Waals surface area (Å²) in [7, 11) is 1.54. The molecule has 1 N–H and O–H groups in total. The number of halogens is 2. The van der Waals surface area contributed by atoms with Gasteiger partial charge in [0.1, 0.15) is 10.9 Å². The predicted molar refractivity (Wildman–Crippen MR) is 86.0 cm³/mol. The molecule has 0 aliphatic rings. The van der Waals surface area contributed by atoms with E-state index in [2.05, 4.69) is 20.9 Å². The minimum atomic E-state index is -0.577. The molecule has 7 heteroatoms. The molecule has 0 bridgehead atoms. The fourth-order valence-corrected chi connectivity index (χ4v) is 2.96. The minimum absolute atomic E-state index is 0.0869. The first kappa shape index (κ1) is 15.9. The monoisotopic (exact) mass is 372 g/mol. The lowest BCUT2D eigenvalue weighted by Gasteiger charge is -2.12. The molecule has 0 saturated heterocycles. The van der Waals surface area contributed by atoms with Gasteiger partial charge in [-0.3, -0.25) is 9.78 Å². The van der Waals surface area contributed by atoms with Crippen molar-refractivity contribution in [3.63, 3.8) is 0 Å². The van der Waals surface area contributed by atoms with Crippen LogP contribution in [0.3, 0.4) is 0 Å². The molecular weight excluding hydrogens is 360 g/mol. The number of nitrogens with zero attached hydrogens (tertiary/aromatic N) is 1. The topological polar surface area (TPSA) is 64.1 Å². The summed E-state index contributed by atoms with van der Waals surface area (Å²) in [6.07, 6.45) is 0. The van der Waals surface area contributed by atoms with Crippen molar-refractivity contribution < 1.29 is 4.74 Å². The van der Waals surface area contributed by atoms with Gasteiger partial charge in [-0.1, -0.05) is 25.4 Å². The van der Waals surface area contributed by atoms with Crippen LogP contribution in [0.25, 0.3) is 5.69 Å². The molecule has 112 valence electrons. The number of hydrogen-bond acceptors (Lipinski definition) is 3. The summed E-state index contributed by atoms with van der Waals surface area (Å²) >= 11 is 9.31. The highest BCUT2D eigenvalue weighted by atomic mass is 79.9. The Bertz CT molecular complexity index is 796. The number of rotatable bonds is 3. The minimum Gasteiger partial charge on any atom is -0.496 e. The Hall–Kier alpha value is -1.53.